The quantitative estimate of drug-likeness (QED) is 0.166. The summed E-state index contributed by atoms with van der Waals surface area (Å²) in [4.78, 5) is 10.7. The summed E-state index contributed by atoms with van der Waals surface area (Å²) in [6.07, 6.45) is 3.96. The molecule has 8 rings (SSSR count). The van der Waals surface area contributed by atoms with Gasteiger partial charge in [-0.15, -0.1) is 64.9 Å². The van der Waals surface area contributed by atoms with Gasteiger partial charge in [0.2, 0.25) is 0 Å². The minimum atomic E-state index is -0.0332. The van der Waals surface area contributed by atoms with Crippen molar-refractivity contribution in [3.8, 4) is 33.6 Å². The molecule has 4 aromatic carbocycles. The molecule has 0 spiro atoms. The summed E-state index contributed by atoms with van der Waals surface area (Å²) in [6, 6.07) is 34.4. The molecule has 1 radical (unpaired) electrons. The van der Waals surface area contributed by atoms with Crippen LogP contribution < -0.4 is 0 Å². The summed E-state index contributed by atoms with van der Waals surface area (Å²) in [5.41, 5.74) is 15.6. The number of aromatic nitrogens is 2. The van der Waals surface area contributed by atoms with Crippen LogP contribution in [0.2, 0.25) is 0 Å². The number of aryl methyl sites for hydroxylation is 6. The molecular formula is C46H42IrN2OS-2. The van der Waals surface area contributed by atoms with Gasteiger partial charge in [0.05, 0.1) is 5.58 Å². The van der Waals surface area contributed by atoms with E-state index in [9.17, 15) is 0 Å². The average Bonchev–Trinajstić information content (AvgIpc) is 3.63. The van der Waals surface area contributed by atoms with Crippen LogP contribution in [0.3, 0.4) is 0 Å². The van der Waals surface area contributed by atoms with Crippen LogP contribution >= 0.6 is 11.3 Å². The zero-order valence-corrected chi connectivity index (χ0v) is 33.9. The van der Waals surface area contributed by atoms with Crippen LogP contribution in [-0.2, 0) is 25.5 Å². The van der Waals surface area contributed by atoms with Crippen molar-refractivity contribution in [1.82, 2.24) is 9.97 Å². The fraction of sp³-hybridized carbons (Fsp3) is 0.217. The van der Waals surface area contributed by atoms with Crippen molar-refractivity contribution in [2.24, 2.45) is 0 Å². The molecule has 0 amide bonds. The third-order valence-corrected chi connectivity index (χ3v) is 10.5. The number of furan rings is 1. The van der Waals surface area contributed by atoms with Crippen LogP contribution in [0.15, 0.2) is 95.7 Å². The van der Waals surface area contributed by atoms with E-state index in [4.69, 9.17) is 9.40 Å². The Kier molecular flexibility index (Phi) is 10.2. The summed E-state index contributed by atoms with van der Waals surface area (Å²) in [5.74, 6) is 0. The molecule has 4 heterocycles. The predicted molar refractivity (Wildman–Crippen MR) is 212 cm³/mol. The molecule has 0 aliphatic rings. The molecule has 4 aromatic heterocycles. The summed E-state index contributed by atoms with van der Waals surface area (Å²) in [5, 5.41) is 3.51. The summed E-state index contributed by atoms with van der Waals surface area (Å²) in [6.45, 7) is 19.5. The number of fused-ring (bicyclic) bond motifs is 4. The number of nitrogens with zero attached hydrogens (tertiary/aromatic N) is 2. The molecule has 3 nitrogen and oxygen atoms in total. The van der Waals surface area contributed by atoms with E-state index in [0.29, 0.717) is 0 Å². The van der Waals surface area contributed by atoms with Crippen LogP contribution in [-0.4, -0.2) is 9.97 Å². The van der Waals surface area contributed by atoms with Crippen LogP contribution in [0, 0.1) is 53.7 Å². The molecule has 51 heavy (non-hydrogen) atoms. The Morgan fingerprint density at radius 2 is 1.45 bits per heavy atom. The van der Waals surface area contributed by atoms with E-state index < -0.39 is 0 Å². The topological polar surface area (TPSA) is 38.9 Å². The monoisotopic (exact) mass is 863 g/mol. The third-order valence-electron chi connectivity index (χ3n) is 9.53. The minimum Gasteiger partial charge on any atom is -0.501 e. The minimum absolute atomic E-state index is 0. The van der Waals surface area contributed by atoms with Gasteiger partial charge in [-0.1, -0.05) is 74.5 Å². The molecule has 0 atom stereocenters. The van der Waals surface area contributed by atoms with Crippen molar-refractivity contribution in [1.29, 1.82) is 0 Å². The predicted octanol–water partition coefficient (Wildman–Crippen LogP) is 13.0. The van der Waals surface area contributed by atoms with Crippen molar-refractivity contribution < 1.29 is 24.5 Å². The molecule has 5 heteroatoms. The van der Waals surface area contributed by atoms with E-state index in [1.165, 1.54) is 59.5 Å². The maximum atomic E-state index is 6.48. The third kappa shape index (κ3) is 7.21. The van der Waals surface area contributed by atoms with E-state index in [-0.39, 0.29) is 25.5 Å². The molecule has 0 saturated heterocycles. The molecule has 0 bridgehead atoms. The molecule has 259 valence electrons. The molecule has 0 N–H and O–H groups in total. The number of rotatable bonds is 3. The summed E-state index contributed by atoms with van der Waals surface area (Å²) < 4.78 is 7.74. The van der Waals surface area contributed by atoms with E-state index in [1.807, 2.05) is 24.5 Å². The van der Waals surface area contributed by atoms with Gasteiger partial charge in [-0.2, -0.15) is 0 Å². The van der Waals surface area contributed by atoms with E-state index >= 15 is 0 Å². The SMILES string of the molecule is Cc1c[c-]c(-c2cc(C)c(C)cn2)cc1.Cc1cc2cc3c(cc2s1)oc1c(-c2cc(-c4c(C)cccc4C)c(C(C)(C)C)cn2)[c-]ccc13.[Ir]. The van der Waals surface area contributed by atoms with Crippen LogP contribution in [0.25, 0.3) is 65.7 Å². The normalized spacial score (nSPS) is 11.5. The second-order valence-corrected chi connectivity index (χ2v) is 15.8. The zero-order chi connectivity index (χ0) is 35.3. The molecule has 0 aliphatic carbocycles. The Balaban J connectivity index is 0.000000236. The van der Waals surface area contributed by atoms with Gasteiger partial charge in [0.25, 0.3) is 0 Å². The largest absolute Gasteiger partial charge is 0.501 e. The van der Waals surface area contributed by atoms with Gasteiger partial charge in [-0.25, -0.2) is 0 Å². The first-order valence-corrected chi connectivity index (χ1v) is 18.0. The van der Waals surface area contributed by atoms with E-state index in [1.54, 1.807) is 11.3 Å². The second-order valence-electron chi connectivity index (χ2n) is 14.5. The zero-order valence-electron chi connectivity index (χ0n) is 30.7. The summed E-state index contributed by atoms with van der Waals surface area (Å²) >= 11 is 1.80. The van der Waals surface area contributed by atoms with Crippen molar-refractivity contribution >= 4 is 43.4 Å². The van der Waals surface area contributed by atoms with E-state index in [2.05, 4.69) is 146 Å². The Bertz CT molecular complexity index is 2510. The van der Waals surface area contributed by atoms with Crippen LogP contribution in [0.4, 0.5) is 0 Å². The number of hydrogen-bond donors (Lipinski definition) is 0. The van der Waals surface area contributed by atoms with Gasteiger partial charge in [-0.05, 0) is 108 Å². The number of pyridine rings is 2. The van der Waals surface area contributed by atoms with Crippen molar-refractivity contribution in [2.45, 2.75) is 67.7 Å². The Labute approximate surface area is 319 Å². The maximum absolute atomic E-state index is 6.48. The molecule has 0 aliphatic heterocycles. The smallest absolute Gasteiger partial charge is 0.122 e. The van der Waals surface area contributed by atoms with E-state index in [0.717, 1.165) is 44.5 Å². The fourth-order valence-electron chi connectivity index (χ4n) is 6.67. The van der Waals surface area contributed by atoms with Crippen LogP contribution in [0.5, 0.6) is 0 Å². The average molecular weight is 863 g/mol. The first-order chi connectivity index (χ1) is 23.9. The van der Waals surface area contributed by atoms with Gasteiger partial charge < -0.3 is 14.4 Å². The second kappa shape index (κ2) is 14.3. The van der Waals surface area contributed by atoms with Gasteiger partial charge in [0.15, 0.2) is 0 Å². The first-order valence-electron chi connectivity index (χ1n) is 17.1. The fourth-order valence-corrected chi connectivity index (χ4v) is 7.60. The summed E-state index contributed by atoms with van der Waals surface area (Å²) in [7, 11) is 0. The number of benzene rings is 4. The first kappa shape index (κ1) is 36.4. The van der Waals surface area contributed by atoms with Crippen molar-refractivity contribution in [3.05, 3.63) is 142 Å². The van der Waals surface area contributed by atoms with Crippen molar-refractivity contribution in [2.75, 3.05) is 0 Å². The van der Waals surface area contributed by atoms with Gasteiger partial charge in [0, 0.05) is 47.5 Å². The van der Waals surface area contributed by atoms with Crippen LogP contribution in [0.1, 0.15) is 59.0 Å². The molecule has 8 aromatic rings. The molecule has 0 fully saturated rings. The Morgan fingerprint density at radius 3 is 2.14 bits per heavy atom. The number of thiophene rings is 1. The Hall–Kier alpha value is -4.41. The van der Waals surface area contributed by atoms with Crippen molar-refractivity contribution in [3.63, 3.8) is 0 Å². The molecule has 0 unspecified atom stereocenters. The Morgan fingerprint density at radius 1 is 0.706 bits per heavy atom. The number of hydrogen-bond acceptors (Lipinski definition) is 4. The standard InChI is InChI=1S/C32H28NOS.C14H14N.Ir/c1-18-9-7-10-19(2)30(18)25-15-27(33-17-26(25)32(4,5)6)23-12-8-11-22-24-14-21-13-20(3)35-29(21)16-28(24)34-31(22)23;1-10-4-6-13(7-5-10)14-8-11(2)12(3)9-15-14;/h7-11,13-17H,1-6H3;4-6,8-9H,1-3H3;/q2*-1;. The van der Waals surface area contributed by atoms with Gasteiger partial charge in [-0.3, -0.25) is 0 Å². The van der Waals surface area contributed by atoms with Gasteiger partial charge in [0.1, 0.15) is 5.58 Å². The molecule has 0 saturated carbocycles. The van der Waals surface area contributed by atoms with Gasteiger partial charge >= 0.3 is 0 Å². The maximum Gasteiger partial charge on any atom is 0.122 e. The molecular weight excluding hydrogens is 821 g/mol.